The van der Waals surface area contributed by atoms with Crippen LogP contribution in [0.4, 0.5) is 11.4 Å². The Labute approximate surface area is 115 Å². The van der Waals surface area contributed by atoms with Crippen molar-refractivity contribution >= 4 is 11.4 Å². The Morgan fingerprint density at radius 3 is 2.75 bits per heavy atom. The van der Waals surface area contributed by atoms with Gasteiger partial charge in [-0.15, -0.1) is 0 Å². The average Bonchev–Trinajstić information content (AvgIpc) is 2.50. The molecule has 0 aliphatic carbocycles. The second-order valence-electron chi connectivity index (χ2n) is 4.38. The first-order chi connectivity index (χ1) is 9.63. The largest absolute Gasteiger partial charge is 0.494 e. The molecule has 0 aromatic heterocycles. The predicted molar refractivity (Wildman–Crippen MR) is 76.7 cm³/mol. The summed E-state index contributed by atoms with van der Waals surface area (Å²) in [5.74, 6) is 0.685. The molecule has 6 heteroatoms. The van der Waals surface area contributed by atoms with Crippen LogP contribution in [0.3, 0.4) is 0 Å². The average molecular weight is 276 g/mol. The van der Waals surface area contributed by atoms with Crippen molar-refractivity contribution in [1.82, 2.24) is 0 Å². The first-order valence-corrected chi connectivity index (χ1v) is 6.28. The minimum absolute atomic E-state index is 0.00608. The molecule has 2 aromatic rings. The number of anilines is 2. The van der Waals surface area contributed by atoms with Gasteiger partial charge in [0.05, 0.1) is 13.2 Å². The van der Waals surface area contributed by atoms with E-state index in [4.69, 9.17) is 15.6 Å². The lowest BCUT2D eigenvalue weighted by molar-refractivity contribution is 0.279. The fraction of sp³-hybridized carbons (Fsp3) is 0.286. The van der Waals surface area contributed by atoms with Crippen molar-refractivity contribution in [2.45, 2.75) is 13.0 Å². The van der Waals surface area contributed by atoms with E-state index in [1.807, 2.05) is 12.1 Å². The normalized spacial score (nSPS) is 10.7. The molecule has 0 spiro atoms. The van der Waals surface area contributed by atoms with Gasteiger partial charge in [-0.3, -0.25) is 9.59 Å². The van der Waals surface area contributed by atoms with Crippen LogP contribution in [0, 0.1) is 0 Å². The van der Waals surface area contributed by atoms with Gasteiger partial charge in [-0.2, -0.15) is 0 Å². The van der Waals surface area contributed by atoms with Crippen LogP contribution in [0.2, 0.25) is 0 Å². The van der Waals surface area contributed by atoms with E-state index in [0.717, 1.165) is 5.56 Å². The van der Waals surface area contributed by atoms with Gasteiger partial charge in [-0.1, -0.05) is 12.1 Å². The third-order valence-electron chi connectivity index (χ3n) is 2.92. The van der Waals surface area contributed by atoms with Crippen LogP contribution < -0.4 is 26.6 Å². The molecule has 0 fully saturated rings. The molecule has 106 valence electrons. The van der Waals surface area contributed by atoms with E-state index in [0.29, 0.717) is 25.3 Å². The van der Waals surface area contributed by atoms with Crippen LogP contribution in [0.25, 0.3) is 0 Å². The molecule has 2 rings (SSSR count). The maximum Gasteiger partial charge on any atom is 0.253 e. The van der Waals surface area contributed by atoms with E-state index < -0.39 is 10.9 Å². The van der Waals surface area contributed by atoms with E-state index >= 15 is 0 Å². The standard InChI is InChI=1S/C14H16N2O4/c15-11-12(14(19)13(11)18)16-5-2-6-20-10-4-1-3-9(7-10)8-17/h1,3-4,7,16-17H,2,5-6,8,15H2. The highest BCUT2D eigenvalue weighted by Crippen LogP contribution is 2.13. The van der Waals surface area contributed by atoms with Gasteiger partial charge < -0.3 is 20.9 Å². The van der Waals surface area contributed by atoms with Crippen molar-refractivity contribution in [3.8, 4) is 5.75 Å². The summed E-state index contributed by atoms with van der Waals surface area (Å²) in [4.78, 5) is 22.0. The number of nitrogens with two attached hydrogens (primary N) is 1. The maximum atomic E-state index is 11.1. The maximum absolute atomic E-state index is 11.1. The van der Waals surface area contributed by atoms with Crippen LogP contribution in [0.1, 0.15) is 12.0 Å². The topological polar surface area (TPSA) is 102 Å². The molecule has 0 aliphatic heterocycles. The Bertz CT molecular complexity index is 659. The van der Waals surface area contributed by atoms with Crippen LogP contribution >= 0.6 is 0 Å². The summed E-state index contributed by atoms with van der Waals surface area (Å²) >= 11 is 0. The predicted octanol–water partition coefficient (Wildman–Crippen LogP) is 0.238. The highest BCUT2D eigenvalue weighted by Gasteiger charge is 2.16. The van der Waals surface area contributed by atoms with E-state index in [-0.39, 0.29) is 18.0 Å². The molecule has 0 heterocycles. The molecule has 0 bridgehead atoms. The highest BCUT2D eigenvalue weighted by atomic mass is 16.5. The van der Waals surface area contributed by atoms with Gasteiger partial charge in [0.25, 0.3) is 10.9 Å². The first kappa shape index (κ1) is 14.1. The Hall–Kier alpha value is -2.34. The molecule has 4 N–H and O–H groups in total. The summed E-state index contributed by atoms with van der Waals surface area (Å²) < 4.78 is 5.51. The Morgan fingerprint density at radius 2 is 2.05 bits per heavy atom. The summed E-state index contributed by atoms with van der Waals surface area (Å²) in [6.07, 6.45) is 0.654. The van der Waals surface area contributed by atoms with E-state index in [2.05, 4.69) is 5.32 Å². The van der Waals surface area contributed by atoms with Crippen molar-refractivity contribution in [3.63, 3.8) is 0 Å². The molecule has 0 radical (unpaired) electrons. The van der Waals surface area contributed by atoms with E-state index in [1.54, 1.807) is 12.1 Å². The van der Waals surface area contributed by atoms with E-state index in [9.17, 15) is 9.59 Å². The summed E-state index contributed by atoms with van der Waals surface area (Å²) in [6.45, 7) is 0.925. The summed E-state index contributed by atoms with van der Waals surface area (Å²) in [5.41, 5.74) is 5.21. The number of hydrogen-bond donors (Lipinski definition) is 3. The number of hydrogen-bond acceptors (Lipinski definition) is 6. The van der Waals surface area contributed by atoms with Gasteiger partial charge in [-0.05, 0) is 24.1 Å². The summed E-state index contributed by atoms with van der Waals surface area (Å²) in [7, 11) is 0. The van der Waals surface area contributed by atoms with Gasteiger partial charge in [-0.25, -0.2) is 0 Å². The fourth-order valence-electron chi connectivity index (χ4n) is 1.79. The Balaban J connectivity index is 1.72. The number of aliphatic hydroxyl groups is 1. The lowest BCUT2D eigenvalue weighted by atomic mass is 10.2. The Kier molecular flexibility index (Phi) is 4.37. The molecule has 20 heavy (non-hydrogen) atoms. The van der Waals surface area contributed by atoms with Crippen molar-refractivity contribution in [1.29, 1.82) is 0 Å². The van der Waals surface area contributed by atoms with Crippen LogP contribution in [-0.4, -0.2) is 18.3 Å². The van der Waals surface area contributed by atoms with Gasteiger partial charge >= 0.3 is 0 Å². The molecule has 0 atom stereocenters. The number of ether oxygens (including phenoxy) is 1. The van der Waals surface area contributed by atoms with Gasteiger partial charge in [0, 0.05) is 6.54 Å². The highest BCUT2D eigenvalue weighted by molar-refractivity contribution is 5.71. The fourth-order valence-corrected chi connectivity index (χ4v) is 1.79. The number of rotatable bonds is 7. The summed E-state index contributed by atoms with van der Waals surface area (Å²) in [5, 5.41) is 11.8. The smallest absolute Gasteiger partial charge is 0.253 e. The molecular weight excluding hydrogens is 260 g/mol. The van der Waals surface area contributed by atoms with Crippen molar-refractivity contribution < 1.29 is 9.84 Å². The first-order valence-electron chi connectivity index (χ1n) is 6.28. The summed E-state index contributed by atoms with van der Waals surface area (Å²) in [6, 6.07) is 7.19. The van der Waals surface area contributed by atoms with Gasteiger partial charge in [0.2, 0.25) is 0 Å². The molecular formula is C14H16N2O4. The number of nitrogens with one attached hydrogen (secondary N) is 1. The third-order valence-corrected chi connectivity index (χ3v) is 2.92. The zero-order valence-corrected chi connectivity index (χ0v) is 10.9. The lowest BCUT2D eigenvalue weighted by Crippen LogP contribution is -2.37. The molecule has 6 nitrogen and oxygen atoms in total. The zero-order valence-electron chi connectivity index (χ0n) is 10.9. The SMILES string of the molecule is Nc1c(NCCCOc2cccc(CO)c2)c(=O)c1=O. The molecule has 2 aromatic carbocycles. The van der Waals surface area contributed by atoms with Crippen molar-refractivity contribution in [2.75, 3.05) is 24.2 Å². The van der Waals surface area contributed by atoms with Crippen molar-refractivity contribution in [2.24, 2.45) is 0 Å². The van der Waals surface area contributed by atoms with Crippen LogP contribution in [-0.2, 0) is 6.61 Å². The van der Waals surface area contributed by atoms with Gasteiger partial charge in [0.1, 0.15) is 17.1 Å². The van der Waals surface area contributed by atoms with Gasteiger partial charge in [0.15, 0.2) is 0 Å². The molecule has 0 saturated carbocycles. The molecule has 0 amide bonds. The zero-order chi connectivity index (χ0) is 14.5. The quantitative estimate of drug-likeness (QED) is 0.494. The van der Waals surface area contributed by atoms with Crippen molar-refractivity contribution in [3.05, 3.63) is 50.3 Å². The second kappa shape index (κ2) is 6.21. The lowest BCUT2D eigenvalue weighted by Gasteiger charge is -2.10. The second-order valence-corrected chi connectivity index (χ2v) is 4.38. The number of nitrogen functional groups attached to an aromatic ring is 1. The van der Waals surface area contributed by atoms with Crippen LogP contribution in [0.5, 0.6) is 5.75 Å². The number of aliphatic hydroxyl groups excluding tert-OH is 1. The minimum atomic E-state index is -0.621. The Morgan fingerprint density at radius 1 is 1.25 bits per heavy atom. The van der Waals surface area contributed by atoms with E-state index in [1.165, 1.54) is 0 Å². The molecule has 0 unspecified atom stereocenters. The third kappa shape index (κ3) is 2.97. The molecule has 0 saturated heterocycles. The minimum Gasteiger partial charge on any atom is -0.494 e. The monoisotopic (exact) mass is 276 g/mol. The molecule has 0 aliphatic rings. The number of benzene rings is 1. The van der Waals surface area contributed by atoms with Crippen LogP contribution in [0.15, 0.2) is 33.9 Å².